The summed E-state index contributed by atoms with van der Waals surface area (Å²) in [6, 6.07) is 0.378. The molecule has 16 heavy (non-hydrogen) atoms. The Bertz CT molecular complexity index is 214. The van der Waals surface area contributed by atoms with Crippen molar-refractivity contribution in [3.63, 3.8) is 0 Å². The third kappa shape index (κ3) is 4.49. The van der Waals surface area contributed by atoms with Crippen LogP contribution >= 0.6 is 0 Å². The van der Waals surface area contributed by atoms with Gasteiger partial charge >= 0.3 is 0 Å². The van der Waals surface area contributed by atoms with Gasteiger partial charge in [-0.25, -0.2) is 0 Å². The maximum atomic E-state index is 7.36. The molecule has 0 aliphatic carbocycles. The first-order valence-corrected chi connectivity index (χ1v) is 6.28. The van der Waals surface area contributed by atoms with Crippen molar-refractivity contribution in [3.8, 4) is 0 Å². The van der Waals surface area contributed by atoms with Crippen molar-refractivity contribution in [2.45, 2.75) is 51.2 Å². The van der Waals surface area contributed by atoms with Gasteiger partial charge in [-0.15, -0.1) is 0 Å². The minimum atomic E-state index is 0.281. The number of nitrogens with two attached hydrogens (primary N) is 1. The van der Waals surface area contributed by atoms with Gasteiger partial charge in [0.05, 0.1) is 11.9 Å². The van der Waals surface area contributed by atoms with Crippen LogP contribution in [0, 0.1) is 5.41 Å². The zero-order valence-corrected chi connectivity index (χ0v) is 10.5. The van der Waals surface area contributed by atoms with Gasteiger partial charge in [0.15, 0.2) is 0 Å². The summed E-state index contributed by atoms with van der Waals surface area (Å²) in [5.74, 6) is 0.281. The predicted molar refractivity (Wildman–Crippen MR) is 66.8 cm³/mol. The van der Waals surface area contributed by atoms with Gasteiger partial charge in [0, 0.05) is 25.6 Å². The number of rotatable bonds is 6. The van der Waals surface area contributed by atoms with Crippen molar-refractivity contribution in [2.24, 2.45) is 5.73 Å². The van der Waals surface area contributed by atoms with Crippen LogP contribution in [0.2, 0.25) is 0 Å². The van der Waals surface area contributed by atoms with Crippen LogP contribution in [0.25, 0.3) is 0 Å². The smallest absolute Gasteiger partial charge is 0.0921 e. The fraction of sp³-hybridized carbons (Fsp3) is 0.917. The van der Waals surface area contributed by atoms with E-state index >= 15 is 0 Å². The molecule has 1 aliphatic rings. The minimum Gasteiger partial charge on any atom is -0.388 e. The van der Waals surface area contributed by atoms with Crippen LogP contribution in [0.3, 0.4) is 0 Å². The van der Waals surface area contributed by atoms with Crippen LogP contribution in [-0.4, -0.2) is 43.1 Å². The first-order chi connectivity index (χ1) is 7.63. The second-order valence-corrected chi connectivity index (χ2v) is 4.72. The predicted octanol–water partition coefficient (Wildman–Crippen LogP) is 1.59. The molecule has 0 aromatic rings. The van der Waals surface area contributed by atoms with Gasteiger partial charge in [0.1, 0.15) is 0 Å². The van der Waals surface area contributed by atoms with E-state index in [0.717, 1.165) is 19.6 Å². The highest BCUT2D eigenvalue weighted by Crippen LogP contribution is 2.15. The van der Waals surface area contributed by atoms with E-state index in [1.54, 1.807) is 0 Å². The molecule has 1 saturated heterocycles. The summed E-state index contributed by atoms with van der Waals surface area (Å²) in [5.41, 5.74) is 5.47. The molecule has 0 aromatic carbocycles. The molecule has 0 radical (unpaired) electrons. The van der Waals surface area contributed by atoms with Gasteiger partial charge in [0.2, 0.25) is 0 Å². The molecule has 4 nitrogen and oxygen atoms in total. The third-order valence-electron chi connectivity index (χ3n) is 3.32. The van der Waals surface area contributed by atoms with E-state index in [9.17, 15) is 0 Å². The van der Waals surface area contributed by atoms with Crippen molar-refractivity contribution >= 4 is 5.84 Å². The number of ether oxygens (including phenoxy) is 1. The summed E-state index contributed by atoms with van der Waals surface area (Å²) in [6.07, 6.45) is 5.72. The van der Waals surface area contributed by atoms with E-state index in [1.807, 2.05) is 0 Å². The van der Waals surface area contributed by atoms with E-state index in [4.69, 9.17) is 15.9 Å². The van der Waals surface area contributed by atoms with Crippen LogP contribution in [0.15, 0.2) is 0 Å². The summed E-state index contributed by atoms with van der Waals surface area (Å²) in [4.78, 5) is 2.29. The van der Waals surface area contributed by atoms with Crippen molar-refractivity contribution in [1.29, 1.82) is 5.41 Å². The maximum Gasteiger partial charge on any atom is 0.0921 e. The highest BCUT2D eigenvalue weighted by Gasteiger charge is 2.20. The van der Waals surface area contributed by atoms with Crippen LogP contribution < -0.4 is 5.73 Å². The largest absolute Gasteiger partial charge is 0.388 e. The van der Waals surface area contributed by atoms with Crippen LogP contribution in [-0.2, 0) is 4.74 Å². The summed E-state index contributed by atoms with van der Waals surface area (Å²) in [7, 11) is 2.11. The zero-order chi connectivity index (χ0) is 12.0. The molecule has 1 fully saturated rings. The Hall–Kier alpha value is -0.610. The number of amidine groups is 1. The number of hydrogen-bond donors (Lipinski definition) is 2. The van der Waals surface area contributed by atoms with Gasteiger partial charge in [0.25, 0.3) is 0 Å². The van der Waals surface area contributed by atoms with E-state index in [-0.39, 0.29) is 5.84 Å². The van der Waals surface area contributed by atoms with Gasteiger partial charge in [-0.3, -0.25) is 5.41 Å². The molecule has 0 aromatic heterocycles. The number of likely N-dealkylation sites (N-methyl/N-ethyl adjacent to an activating group) is 1. The second kappa shape index (κ2) is 6.86. The van der Waals surface area contributed by atoms with Crippen molar-refractivity contribution < 1.29 is 4.74 Å². The summed E-state index contributed by atoms with van der Waals surface area (Å²) in [6.45, 7) is 4.01. The van der Waals surface area contributed by atoms with Gasteiger partial charge < -0.3 is 15.4 Å². The van der Waals surface area contributed by atoms with Gasteiger partial charge in [-0.1, -0.05) is 6.92 Å². The Morgan fingerprint density at radius 1 is 1.56 bits per heavy atom. The Labute approximate surface area is 98.6 Å². The normalized spacial score (nSPS) is 23.3. The first-order valence-electron chi connectivity index (χ1n) is 6.28. The van der Waals surface area contributed by atoms with E-state index in [1.165, 1.54) is 19.3 Å². The third-order valence-corrected chi connectivity index (χ3v) is 3.32. The topological polar surface area (TPSA) is 62.3 Å². The summed E-state index contributed by atoms with van der Waals surface area (Å²) >= 11 is 0. The van der Waals surface area contributed by atoms with Crippen LogP contribution in [0.5, 0.6) is 0 Å². The quantitative estimate of drug-likeness (QED) is 0.535. The lowest BCUT2D eigenvalue weighted by Gasteiger charge is -2.32. The Morgan fingerprint density at radius 3 is 2.81 bits per heavy atom. The summed E-state index contributed by atoms with van der Waals surface area (Å²) < 4.78 is 5.72. The van der Waals surface area contributed by atoms with E-state index < -0.39 is 0 Å². The lowest BCUT2D eigenvalue weighted by Crippen LogP contribution is -2.41. The molecule has 1 heterocycles. The highest BCUT2D eigenvalue weighted by atomic mass is 16.5. The second-order valence-electron chi connectivity index (χ2n) is 4.72. The lowest BCUT2D eigenvalue weighted by atomic mass is 10.1. The molecular formula is C12H25N3O. The highest BCUT2D eigenvalue weighted by molar-refractivity contribution is 5.77. The fourth-order valence-electron chi connectivity index (χ4n) is 2.29. The Kier molecular flexibility index (Phi) is 5.77. The van der Waals surface area contributed by atoms with E-state index in [0.29, 0.717) is 18.6 Å². The molecule has 0 saturated carbocycles. The number of nitrogens with zero attached hydrogens (tertiary/aromatic N) is 1. The molecular weight excluding hydrogens is 202 g/mol. The average molecular weight is 227 g/mol. The molecule has 3 N–H and O–H groups in total. The Morgan fingerprint density at radius 2 is 2.31 bits per heavy atom. The van der Waals surface area contributed by atoms with Gasteiger partial charge in [-0.2, -0.15) is 0 Å². The molecule has 94 valence electrons. The van der Waals surface area contributed by atoms with Crippen LogP contribution in [0.1, 0.15) is 39.0 Å². The lowest BCUT2D eigenvalue weighted by molar-refractivity contribution is -0.00797. The number of hydrogen-bond acceptors (Lipinski definition) is 3. The molecule has 2 atom stereocenters. The van der Waals surface area contributed by atoms with Crippen molar-refractivity contribution in [1.82, 2.24) is 4.90 Å². The average Bonchev–Trinajstić information content (AvgIpc) is 2.26. The molecule has 1 aliphatic heterocycles. The fourth-order valence-corrected chi connectivity index (χ4v) is 2.29. The molecule has 0 amide bonds. The Balaban J connectivity index is 2.35. The standard InChI is InChI=1S/C12H25N3O/c1-3-10(8-12(13)14)15(2)9-11-6-4-5-7-16-11/h10-11H,3-9H2,1-2H3,(H3,13,14). The monoisotopic (exact) mass is 227 g/mol. The van der Waals surface area contributed by atoms with Crippen molar-refractivity contribution in [3.05, 3.63) is 0 Å². The molecule has 0 bridgehead atoms. The van der Waals surface area contributed by atoms with Crippen molar-refractivity contribution in [2.75, 3.05) is 20.2 Å². The molecule has 4 heteroatoms. The summed E-state index contributed by atoms with van der Waals surface area (Å²) in [5, 5.41) is 7.36. The molecule has 2 unspecified atom stereocenters. The van der Waals surface area contributed by atoms with Crippen LogP contribution in [0.4, 0.5) is 0 Å². The maximum absolute atomic E-state index is 7.36. The molecule has 1 rings (SSSR count). The number of nitrogens with one attached hydrogen (secondary N) is 1. The SMILES string of the molecule is CCC(CC(=N)N)N(C)CC1CCCCO1. The zero-order valence-electron chi connectivity index (χ0n) is 10.5. The van der Waals surface area contributed by atoms with E-state index in [2.05, 4.69) is 18.9 Å². The van der Waals surface area contributed by atoms with Gasteiger partial charge in [-0.05, 0) is 32.7 Å². The first kappa shape index (κ1) is 13.5. The minimum absolute atomic E-state index is 0.281. The molecule has 0 spiro atoms.